The minimum Gasteiger partial charge on any atom is -0.494 e. The maximum atomic E-state index is 14.8. The van der Waals surface area contributed by atoms with Gasteiger partial charge in [-0.15, -0.1) is 0 Å². The van der Waals surface area contributed by atoms with Crippen molar-refractivity contribution in [1.82, 2.24) is 14.6 Å². The van der Waals surface area contributed by atoms with E-state index in [1.54, 1.807) is 47.9 Å². The molecule has 3 heterocycles. The first-order valence-corrected chi connectivity index (χ1v) is 20.4. The van der Waals surface area contributed by atoms with E-state index in [4.69, 9.17) is 18.9 Å². The second-order valence-corrected chi connectivity index (χ2v) is 18.9. The number of carbonyl (C=O) groups is 4. The molecule has 2 saturated carbocycles. The summed E-state index contributed by atoms with van der Waals surface area (Å²) in [6.07, 6.45) is 5.62. The molecule has 0 unspecified atom stereocenters. The highest BCUT2D eigenvalue weighted by molar-refractivity contribution is 7.91. The lowest BCUT2D eigenvalue weighted by atomic mass is 9.90. The number of sulfonamides is 1. The Hall–Kier alpha value is -4.04. The maximum absolute atomic E-state index is 14.8. The lowest BCUT2D eigenvalue weighted by Crippen LogP contribution is -2.49. The van der Waals surface area contributed by atoms with Crippen LogP contribution in [0.1, 0.15) is 92.9 Å². The van der Waals surface area contributed by atoms with E-state index in [9.17, 15) is 27.6 Å². The molecule has 2 aliphatic carbocycles. The van der Waals surface area contributed by atoms with Crippen LogP contribution in [0.2, 0.25) is 0 Å². The van der Waals surface area contributed by atoms with E-state index in [0.29, 0.717) is 49.1 Å². The van der Waals surface area contributed by atoms with Crippen molar-refractivity contribution in [2.24, 2.45) is 17.3 Å². The third-order valence-corrected chi connectivity index (χ3v) is 13.4. The molecule has 6 rings (SSSR count). The molecule has 294 valence electrons. The van der Waals surface area contributed by atoms with Crippen LogP contribution in [0.15, 0.2) is 42.6 Å². The van der Waals surface area contributed by atoms with Crippen LogP contribution in [0, 0.1) is 17.3 Å². The van der Waals surface area contributed by atoms with E-state index in [2.05, 4.69) is 9.71 Å². The second kappa shape index (κ2) is 14.9. The number of nitrogens with zero attached hydrogens (tertiary/aromatic N) is 2. The van der Waals surface area contributed by atoms with Gasteiger partial charge in [-0.05, 0) is 85.6 Å². The third kappa shape index (κ3) is 8.29. The van der Waals surface area contributed by atoms with Crippen LogP contribution >= 0.6 is 0 Å². The number of amides is 2. The summed E-state index contributed by atoms with van der Waals surface area (Å²) in [4.78, 5) is 62.5. The topological polar surface area (TPSA) is 168 Å². The SMILES string of the molecule is COc1cnc(O[C@@H]2C[C@H]3C(=O)C[C@]4(C(=O)NS(=O)(=O)C5(C)CC5)C[C@H]4/C=C\CC[C@@H](C)O[C@@H](C)[C@H](CC(=O)OC(C)(C)C)C(=O)N3C2)c2ccccc12. The van der Waals surface area contributed by atoms with Crippen LogP contribution < -0.4 is 14.2 Å². The molecule has 1 N–H and O–H groups in total. The fraction of sp³-hybridized carbons (Fsp3) is 0.625. The van der Waals surface area contributed by atoms with Crippen molar-refractivity contribution in [3.63, 3.8) is 0 Å². The summed E-state index contributed by atoms with van der Waals surface area (Å²) in [5, 5.41) is 1.46. The molecule has 3 fully saturated rings. The van der Waals surface area contributed by atoms with E-state index >= 15 is 0 Å². The quantitative estimate of drug-likeness (QED) is 0.282. The fourth-order valence-corrected chi connectivity index (χ4v) is 9.02. The molecule has 1 saturated heterocycles. The van der Waals surface area contributed by atoms with E-state index in [0.717, 1.165) is 5.39 Å². The van der Waals surface area contributed by atoms with Gasteiger partial charge in [-0.25, -0.2) is 13.4 Å². The molecule has 1 aromatic carbocycles. The standard InChI is InChI=1S/C40H53N3O10S/c1-24-12-8-9-13-26-20-40(26,37(47)42-54(48,49)39(6)16-17-39)21-32(44)31-18-27(52-35-29-15-11-10-14-28(29)33(50-7)22-41-35)23-43(31)36(46)30(25(2)51-24)19-34(45)53-38(3,4)5/h9-11,13-15,22,24-27,30-31H,8,12,16-21,23H2,1-7H3,(H,42,47)/b13-9-/t24-,25+,26-,27-,30+,31+,40-/m1/s1. The van der Waals surface area contributed by atoms with Gasteiger partial charge in [-0.2, -0.15) is 0 Å². The summed E-state index contributed by atoms with van der Waals surface area (Å²) in [6, 6.07) is 6.42. The van der Waals surface area contributed by atoms with Crippen LogP contribution in [0.25, 0.3) is 10.8 Å². The minimum atomic E-state index is -3.96. The molecular formula is C40H53N3O10S. The molecular weight excluding hydrogens is 715 g/mol. The summed E-state index contributed by atoms with van der Waals surface area (Å²) in [5.41, 5.74) is -2.08. The van der Waals surface area contributed by atoms with Crippen LogP contribution in [0.5, 0.6) is 11.6 Å². The molecule has 2 amide bonds. The van der Waals surface area contributed by atoms with Crippen molar-refractivity contribution in [2.45, 2.75) is 128 Å². The number of Topliss-reactive ketones (excluding diaryl/α,β-unsaturated/α-hetero) is 1. The van der Waals surface area contributed by atoms with E-state index in [1.807, 2.05) is 43.3 Å². The molecule has 0 radical (unpaired) electrons. The lowest BCUT2D eigenvalue weighted by molar-refractivity contribution is -0.163. The molecule has 0 spiro atoms. The summed E-state index contributed by atoms with van der Waals surface area (Å²) < 4.78 is 51.6. The van der Waals surface area contributed by atoms with Crippen LogP contribution in [0.3, 0.4) is 0 Å². The van der Waals surface area contributed by atoms with Gasteiger partial charge in [0.05, 0.1) is 60.6 Å². The molecule has 1 aromatic heterocycles. The van der Waals surface area contributed by atoms with Crippen molar-refractivity contribution in [2.75, 3.05) is 13.7 Å². The maximum Gasteiger partial charge on any atom is 0.307 e. The number of aromatic nitrogens is 1. The van der Waals surface area contributed by atoms with Crippen molar-refractivity contribution in [3.8, 4) is 11.6 Å². The Morgan fingerprint density at radius 2 is 1.81 bits per heavy atom. The minimum absolute atomic E-state index is 0.000367. The first kappa shape index (κ1) is 39.6. The zero-order chi connectivity index (χ0) is 39.2. The first-order chi connectivity index (χ1) is 25.4. The first-order valence-electron chi connectivity index (χ1n) is 18.9. The zero-order valence-corrected chi connectivity index (χ0v) is 33.1. The van der Waals surface area contributed by atoms with Gasteiger partial charge in [0.1, 0.15) is 17.5 Å². The van der Waals surface area contributed by atoms with Crippen LogP contribution in [-0.4, -0.2) is 90.2 Å². The van der Waals surface area contributed by atoms with Crippen molar-refractivity contribution in [3.05, 3.63) is 42.6 Å². The monoisotopic (exact) mass is 767 g/mol. The summed E-state index contributed by atoms with van der Waals surface area (Å²) in [7, 11) is -2.41. The van der Waals surface area contributed by atoms with Crippen molar-refractivity contribution >= 4 is 44.4 Å². The summed E-state index contributed by atoms with van der Waals surface area (Å²) >= 11 is 0. The van der Waals surface area contributed by atoms with E-state index in [-0.39, 0.29) is 37.8 Å². The number of esters is 1. The Morgan fingerprint density at radius 1 is 1.11 bits per heavy atom. The molecule has 2 aromatic rings. The zero-order valence-electron chi connectivity index (χ0n) is 32.3. The van der Waals surface area contributed by atoms with Gasteiger partial charge in [0.2, 0.25) is 27.7 Å². The van der Waals surface area contributed by atoms with Gasteiger partial charge in [0, 0.05) is 23.6 Å². The number of ketones is 1. The fourth-order valence-electron chi connectivity index (χ4n) is 7.69. The van der Waals surface area contributed by atoms with Gasteiger partial charge in [0.15, 0.2) is 5.78 Å². The molecule has 13 nitrogen and oxygen atoms in total. The predicted octanol–water partition coefficient (Wildman–Crippen LogP) is 5.05. The highest BCUT2D eigenvalue weighted by Gasteiger charge is 2.62. The van der Waals surface area contributed by atoms with Gasteiger partial charge in [-0.1, -0.05) is 30.4 Å². The van der Waals surface area contributed by atoms with Crippen molar-refractivity contribution in [1.29, 1.82) is 0 Å². The number of rotatable bonds is 8. The molecule has 0 bridgehead atoms. The van der Waals surface area contributed by atoms with Crippen molar-refractivity contribution < 1.29 is 46.5 Å². The molecule has 2 aliphatic heterocycles. The second-order valence-electron chi connectivity index (χ2n) is 16.7. The number of fused-ring (bicyclic) bond motifs is 3. The third-order valence-electron chi connectivity index (χ3n) is 11.3. The molecule has 14 heteroatoms. The Balaban J connectivity index is 1.35. The number of carbonyl (C=O) groups excluding carboxylic acids is 4. The average Bonchev–Trinajstić information content (AvgIpc) is 3.98. The Morgan fingerprint density at radius 3 is 2.48 bits per heavy atom. The Bertz CT molecular complexity index is 1940. The highest BCUT2D eigenvalue weighted by atomic mass is 32.2. The number of ether oxygens (including phenoxy) is 4. The number of benzene rings is 1. The van der Waals surface area contributed by atoms with Gasteiger partial charge in [-0.3, -0.25) is 23.9 Å². The molecule has 7 atom stereocenters. The lowest BCUT2D eigenvalue weighted by Gasteiger charge is -2.32. The predicted molar refractivity (Wildman–Crippen MR) is 200 cm³/mol. The number of nitrogens with one attached hydrogen (secondary N) is 1. The number of hydrogen-bond donors (Lipinski definition) is 1. The summed E-state index contributed by atoms with van der Waals surface area (Å²) in [5.74, 6) is -2.63. The van der Waals surface area contributed by atoms with Gasteiger partial charge >= 0.3 is 5.97 Å². The Kier molecular flexibility index (Phi) is 10.9. The van der Waals surface area contributed by atoms with Gasteiger partial charge < -0.3 is 23.8 Å². The number of allylic oxidation sites excluding steroid dienone is 2. The largest absolute Gasteiger partial charge is 0.494 e. The van der Waals surface area contributed by atoms with Crippen LogP contribution in [-0.2, 0) is 38.7 Å². The Labute approximate surface area is 317 Å². The number of methoxy groups -OCH3 is 1. The summed E-state index contributed by atoms with van der Waals surface area (Å²) in [6.45, 7) is 10.5. The number of hydrogen-bond acceptors (Lipinski definition) is 11. The number of pyridine rings is 1. The van der Waals surface area contributed by atoms with Crippen LogP contribution in [0.4, 0.5) is 0 Å². The average molecular weight is 768 g/mol. The van der Waals surface area contributed by atoms with E-state index in [1.165, 1.54) is 4.90 Å². The highest BCUT2D eigenvalue weighted by Crippen LogP contribution is 2.57. The molecule has 4 aliphatic rings. The van der Waals surface area contributed by atoms with Gasteiger partial charge in [0.25, 0.3) is 0 Å². The van der Waals surface area contributed by atoms with E-state index < -0.39 is 73.5 Å². The smallest absolute Gasteiger partial charge is 0.307 e. The normalized spacial score (nSPS) is 30.6. The molecule has 54 heavy (non-hydrogen) atoms.